The van der Waals surface area contributed by atoms with Crippen molar-refractivity contribution in [3.8, 4) is 11.1 Å². The van der Waals surface area contributed by atoms with Crippen LogP contribution in [-0.2, 0) is 4.74 Å². The third-order valence-corrected chi connectivity index (χ3v) is 4.57. The van der Waals surface area contributed by atoms with Crippen molar-refractivity contribution in [2.75, 3.05) is 13.2 Å². The van der Waals surface area contributed by atoms with Crippen LogP contribution in [0.25, 0.3) is 22.0 Å². The van der Waals surface area contributed by atoms with E-state index in [1.807, 2.05) is 22.9 Å². The average molecular weight is 328 g/mol. The normalized spacial score (nSPS) is 15.2. The summed E-state index contributed by atoms with van der Waals surface area (Å²) in [4.78, 5) is 0. The lowest BCUT2D eigenvalue weighted by Crippen LogP contribution is -2.31. The molecule has 0 spiro atoms. The second kappa shape index (κ2) is 5.67. The van der Waals surface area contributed by atoms with Crippen LogP contribution in [0.15, 0.2) is 36.5 Å². The predicted octanol–water partition coefficient (Wildman–Crippen LogP) is 4.68. The van der Waals surface area contributed by atoms with Crippen molar-refractivity contribution < 1.29 is 13.5 Å². The number of halogens is 2. The Kier molecular flexibility index (Phi) is 3.61. The molecule has 0 amide bonds. The number of benzene rings is 2. The fraction of sp³-hybridized carbons (Fsp3) is 0.316. The number of aromatic nitrogens is 2. The SMILES string of the molecule is CC(C)c1c(F)cc(-c2cccc3c2cnn3C2COC2)cc1F. The van der Waals surface area contributed by atoms with Crippen LogP contribution < -0.4 is 0 Å². The van der Waals surface area contributed by atoms with Gasteiger partial charge in [0.2, 0.25) is 0 Å². The lowest BCUT2D eigenvalue weighted by molar-refractivity contribution is -0.0266. The summed E-state index contributed by atoms with van der Waals surface area (Å²) in [5.74, 6) is -1.20. The van der Waals surface area contributed by atoms with E-state index in [0.29, 0.717) is 18.8 Å². The highest BCUT2D eigenvalue weighted by molar-refractivity contribution is 5.94. The number of nitrogens with zero attached hydrogens (tertiary/aromatic N) is 2. The van der Waals surface area contributed by atoms with E-state index in [1.165, 1.54) is 12.1 Å². The number of ether oxygens (including phenoxy) is 1. The molecule has 2 aromatic carbocycles. The Hall–Kier alpha value is -2.27. The van der Waals surface area contributed by atoms with Gasteiger partial charge < -0.3 is 4.74 Å². The van der Waals surface area contributed by atoms with Crippen molar-refractivity contribution in [3.63, 3.8) is 0 Å². The summed E-state index contributed by atoms with van der Waals surface area (Å²) in [6.07, 6.45) is 1.76. The summed E-state index contributed by atoms with van der Waals surface area (Å²) in [5.41, 5.74) is 2.40. The third kappa shape index (κ3) is 2.31. The molecule has 3 aromatic rings. The molecule has 0 atom stereocenters. The van der Waals surface area contributed by atoms with Gasteiger partial charge in [-0.3, -0.25) is 4.68 Å². The maximum Gasteiger partial charge on any atom is 0.130 e. The molecular weight excluding hydrogens is 310 g/mol. The van der Waals surface area contributed by atoms with E-state index < -0.39 is 11.6 Å². The first kappa shape index (κ1) is 15.3. The number of hydrogen-bond acceptors (Lipinski definition) is 2. The van der Waals surface area contributed by atoms with Crippen LogP contribution in [0.5, 0.6) is 0 Å². The molecule has 4 rings (SSSR count). The molecule has 1 aliphatic heterocycles. The van der Waals surface area contributed by atoms with Crippen molar-refractivity contribution >= 4 is 10.9 Å². The highest BCUT2D eigenvalue weighted by Crippen LogP contribution is 2.34. The first-order valence-electron chi connectivity index (χ1n) is 8.09. The van der Waals surface area contributed by atoms with Crippen LogP contribution in [0.3, 0.4) is 0 Å². The van der Waals surface area contributed by atoms with Crippen molar-refractivity contribution in [1.29, 1.82) is 0 Å². The van der Waals surface area contributed by atoms with E-state index in [1.54, 1.807) is 20.0 Å². The van der Waals surface area contributed by atoms with E-state index in [0.717, 1.165) is 16.5 Å². The van der Waals surface area contributed by atoms with Crippen LogP contribution in [0.4, 0.5) is 8.78 Å². The largest absolute Gasteiger partial charge is 0.377 e. The topological polar surface area (TPSA) is 27.1 Å². The molecule has 0 aliphatic carbocycles. The molecule has 1 saturated heterocycles. The molecule has 24 heavy (non-hydrogen) atoms. The van der Waals surface area contributed by atoms with Crippen LogP contribution in [0.1, 0.15) is 31.4 Å². The third-order valence-electron chi connectivity index (χ3n) is 4.57. The van der Waals surface area contributed by atoms with Gasteiger partial charge in [-0.1, -0.05) is 26.0 Å². The maximum absolute atomic E-state index is 14.4. The Morgan fingerprint density at radius 3 is 2.46 bits per heavy atom. The molecular formula is C19H18F2N2O. The number of fused-ring (bicyclic) bond motifs is 1. The van der Waals surface area contributed by atoms with Gasteiger partial charge in [-0.25, -0.2) is 8.78 Å². The smallest absolute Gasteiger partial charge is 0.130 e. The van der Waals surface area contributed by atoms with Crippen molar-refractivity contribution in [2.45, 2.75) is 25.8 Å². The second-order valence-electron chi connectivity index (χ2n) is 6.53. The van der Waals surface area contributed by atoms with Gasteiger partial charge in [0.1, 0.15) is 11.6 Å². The van der Waals surface area contributed by atoms with Gasteiger partial charge >= 0.3 is 0 Å². The lowest BCUT2D eigenvalue weighted by Gasteiger charge is -2.26. The first-order chi connectivity index (χ1) is 11.6. The molecule has 5 heteroatoms. The number of rotatable bonds is 3. The Balaban J connectivity index is 1.86. The summed E-state index contributed by atoms with van der Waals surface area (Å²) in [7, 11) is 0. The zero-order valence-corrected chi connectivity index (χ0v) is 13.6. The Morgan fingerprint density at radius 2 is 1.88 bits per heavy atom. The van der Waals surface area contributed by atoms with E-state index >= 15 is 0 Å². The Labute approximate surface area is 138 Å². The zero-order chi connectivity index (χ0) is 16.8. The standard InChI is InChI=1S/C19H18F2N2O/c1-11(2)19-16(20)6-12(7-17(19)21)14-4-3-5-18-15(14)8-22-23(18)13-9-24-10-13/h3-8,11,13H,9-10H2,1-2H3. The molecule has 0 N–H and O–H groups in total. The van der Waals surface area contributed by atoms with Gasteiger partial charge in [-0.05, 0) is 35.2 Å². The van der Waals surface area contributed by atoms with Gasteiger partial charge in [0.15, 0.2) is 0 Å². The van der Waals surface area contributed by atoms with Gasteiger partial charge in [0.05, 0.1) is 31.0 Å². The van der Waals surface area contributed by atoms with Crippen molar-refractivity contribution in [2.24, 2.45) is 0 Å². The Morgan fingerprint density at radius 1 is 1.17 bits per heavy atom. The molecule has 0 saturated carbocycles. The van der Waals surface area contributed by atoms with E-state index in [-0.39, 0.29) is 17.5 Å². The van der Waals surface area contributed by atoms with E-state index in [2.05, 4.69) is 5.10 Å². The van der Waals surface area contributed by atoms with Gasteiger partial charge in [-0.2, -0.15) is 5.10 Å². The van der Waals surface area contributed by atoms with Crippen molar-refractivity contribution in [3.05, 3.63) is 53.7 Å². The molecule has 1 aliphatic rings. The van der Waals surface area contributed by atoms with Crippen LogP contribution in [0, 0.1) is 11.6 Å². The number of hydrogen-bond donors (Lipinski definition) is 0. The van der Waals surface area contributed by atoms with Gasteiger partial charge in [0.25, 0.3) is 0 Å². The minimum absolute atomic E-state index is 0.133. The summed E-state index contributed by atoms with van der Waals surface area (Å²) >= 11 is 0. The lowest BCUT2D eigenvalue weighted by atomic mass is 9.96. The maximum atomic E-state index is 14.4. The molecule has 1 aromatic heterocycles. The predicted molar refractivity (Wildman–Crippen MR) is 89.0 cm³/mol. The monoisotopic (exact) mass is 328 g/mol. The zero-order valence-electron chi connectivity index (χ0n) is 13.6. The second-order valence-corrected chi connectivity index (χ2v) is 6.53. The summed E-state index contributed by atoms with van der Waals surface area (Å²) in [6, 6.07) is 8.79. The minimum Gasteiger partial charge on any atom is -0.377 e. The molecule has 0 unspecified atom stereocenters. The highest BCUT2D eigenvalue weighted by atomic mass is 19.1. The first-order valence-corrected chi connectivity index (χ1v) is 8.09. The van der Waals surface area contributed by atoms with Crippen LogP contribution >= 0.6 is 0 Å². The molecule has 2 heterocycles. The summed E-state index contributed by atoms with van der Waals surface area (Å²) in [6.45, 7) is 4.86. The van der Waals surface area contributed by atoms with E-state index in [9.17, 15) is 8.78 Å². The Bertz CT molecular complexity index is 890. The minimum atomic E-state index is -0.503. The van der Waals surface area contributed by atoms with Crippen molar-refractivity contribution in [1.82, 2.24) is 9.78 Å². The molecule has 0 radical (unpaired) electrons. The van der Waals surface area contributed by atoms with E-state index in [4.69, 9.17) is 4.74 Å². The fourth-order valence-electron chi connectivity index (χ4n) is 3.27. The van der Waals surface area contributed by atoms with Gasteiger partial charge in [-0.15, -0.1) is 0 Å². The average Bonchev–Trinajstić information content (AvgIpc) is 2.88. The molecule has 124 valence electrons. The van der Waals surface area contributed by atoms with Gasteiger partial charge in [0, 0.05) is 10.9 Å². The molecule has 3 nitrogen and oxygen atoms in total. The summed E-state index contributed by atoms with van der Waals surface area (Å²) in [5, 5.41) is 5.33. The molecule has 1 fully saturated rings. The quantitative estimate of drug-likeness (QED) is 0.698. The highest BCUT2D eigenvalue weighted by Gasteiger charge is 2.23. The molecule has 0 bridgehead atoms. The fourth-order valence-corrected chi connectivity index (χ4v) is 3.27. The van der Waals surface area contributed by atoms with Crippen LogP contribution in [-0.4, -0.2) is 23.0 Å². The van der Waals surface area contributed by atoms with Crippen LogP contribution in [0.2, 0.25) is 0 Å². The summed E-state index contributed by atoms with van der Waals surface area (Å²) < 4.78 is 35.9.